The highest BCUT2D eigenvalue weighted by molar-refractivity contribution is 5.26. The van der Waals surface area contributed by atoms with Crippen molar-refractivity contribution in [2.45, 2.75) is 32.1 Å². The molecule has 0 aromatic heterocycles. The Bertz CT molecular complexity index is 314. The highest BCUT2D eigenvalue weighted by Gasteiger charge is 2.14. The highest BCUT2D eigenvalue weighted by Crippen LogP contribution is 2.25. The summed E-state index contributed by atoms with van der Waals surface area (Å²) in [6.45, 7) is 6.02. The van der Waals surface area contributed by atoms with E-state index in [0.29, 0.717) is 0 Å². The molecule has 1 saturated heterocycles. The minimum atomic E-state index is 0.761. The lowest BCUT2D eigenvalue weighted by molar-refractivity contribution is 0.151. The third-order valence-corrected chi connectivity index (χ3v) is 3.53. The van der Waals surface area contributed by atoms with Crippen LogP contribution in [0.2, 0.25) is 0 Å². The van der Waals surface area contributed by atoms with Crippen molar-refractivity contribution in [2.24, 2.45) is 0 Å². The Morgan fingerprint density at radius 1 is 1.18 bits per heavy atom. The number of nitrogens with one attached hydrogen (secondary N) is 1. The van der Waals surface area contributed by atoms with Crippen molar-refractivity contribution < 1.29 is 4.74 Å². The van der Waals surface area contributed by atoms with Crippen molar-refractivity contribution in [3.63, 3.8) is 0 Å². The molecule has 1 N–H and O–H groups in total. The summed E-state index contributed by atoms with van der Waals surface area (Å²) in [5.41, 5.74) is 2.89. The van der Waals surface area contributed by atoms with Gasteiger partial charge in [-0.15, -0.1) is 0 Å². The molecule has 0 radical (unpaired) electrons. The first kappa shape index (κ1) is 12.6. The molecule has 0 bridgehead atoms. The summed E-state index contributed by atoms with van der Waals surface area (Å²) in [5.74, 6) is 0.761. The predicted octanol–water partition coefficient (Wildman–Crippen LogP) is 2.73. The van der Waals surface area contributed by atoms with Crippen LogP contribution in [0.25, 0.3) is 0 Å². The Kier molecular flexibility index (Phi) is 5.02. The van der Waals surface area contributed by atoms with Gasteiger partial charge < -0.3 is 10.1 Å². The maximum atomic E-state index is 5.38. The average Bonchev–Trinajstić information content (AvgIpc) is 2.41. The molecule has 0 aliphatic carbocycles. The number of ether oxygens (including phenoxy) is 1. The molecular weight excluding hydrogens is 210 g/mol. The smallest absolute Gasteiger partial charge is 0.0506 e. The van der Waals surface area contributed by atoms with Gasteiger partial charge in [0.15, 0.2) is 0 Å². The SMILES string of the molecule is CCOCCc1ccc(C2CCNCC2)cc1. The van der Waals surface area contributed by atoms with Crippen molar-refractivity contribution in [1.82, 2.24) is 5.32 Å². The number of hydrogen-bond acceptors (Lipinski definition) is 2. The molecule has 1 aromatic carbocycles. The van der Waals surface area contributed by atoms with Crippen molar-refractivity contribution in [1.29, 1.82) is 0 Å². The van der Waals surface area contributed by atoms with Crippen LogP contribution in [0.3, 0.4) is 0 Å². The number of hydrogen-bond donors (Lipinski definition) is 1. The van der Waals surface area contributed by atoms with Crippen molar-refractivity contribution >= 4 is 0 Å². The Morgan fingerprint density at radius 2 is 1.88 bits per heavy atom. The molecule has 17 heavy (non-hydrogen) atoms. The van der Waals surface area contributed by atoms with Crippen LogP contribution in [0, 0.1) is 0 Å². The molecule has 2 nitrogen and oxygen atoms in total. The van der Waals surface area contributed by atoms with Crippen LogP contribution in [0.5, 0.6) is 0 Å². The van der Waals surface area contributed by atoms with Crippen molar-refractivity contribution in [3.05, 3.63) is 35.4 Å². The lowest BCUT2D eigenvalue weighted by Crippen LogP contribution is -2.26. The fourth-order valence-corrected chi connectivity index (χ4v) is 2.45. The third-order valence-electron chi connectivity index (χ3n) is 3.53. The lowest BCUT2D eigenvalue weighted by Gasteiger charge is -2.23. The van der Waals surface area contributed by atoms with E-state index in [0.717, 1.165) is 38.6 Å². The van der Waals surface area contributed by atoms with Crippen LogP contribution in [0.15, 0.2) is 24.3 Å². The molecule has 1 aliphatic rings. The van der Waals surface area contributed by atoms with Gasteiger partial charge in [0.05, 0.1) is 6.61 Å². The van der Waals surface area contributed by atoms with E-state index in [1.807, 2.05) is 6.92 Å². The van der Waals surface area contributed by atoms with Crippen LogP contribution in [0.4, 0.5) is 0 Å². The molecule has 2 heteroatoms. The fourth-order valence-electron chi connectivity index (χ4n) is 2.45. The molecule has 1 aromatic rings. The minimum absolute atomic E-state index is 0.761. The van der Waals surface area contributed by atoms with Crippen LogP contribution in [0.1, 0.15) is 36.8 Å². The third kappa shape index (κ3) is 3.83. The molecule has 1 aliphatic heterocycles. The molecular formula is C15H23NO. The first-order valence-electron chi connectivity index (χ1n) is 6.77. The summed E-state index contributed by atoms with van der Waals surface area (Å²) >= 11 is 0. The number of rotatable bonds is 5. The van der Waals surface area contributed by atoms with Crippen LogP contribution < -0.4 is 5.32 Å². The Hall–Kier alpha value is -0.860. The highest BCUT2D eigenvalue weighted by atomic mass is 16.5. The van der Waals surface area contributed by atoms with Crippen LogP contribution >= 0.6 is 0 Å². The molecule has 0 unspecified atom stereocenters. The normalized spacial score (nSPS) is 17.2. The lowest BCUT2D eigenvalue weighted by atomic mass is 9.89. The summed E-state index contributed by atoms with van der Waals surface area (Å²) in [5, 5.41) is 3.41. The molecule has 1 fully saturated rings. The first-order chi connectivity index (χ1) is 8.40. The van der Waals surface area contributed by atoms with Crippen molar-refractivity contribution in [3.8, 4) is 0 Å². The van der Waals surface area contributed by atoms with Gasteiger partial charge in [-0.1, -0.05) is 24.3 Å². The zero-order valence-electron chi connectivity index (χ0n) is 10.7. The summed E-state index contributed by atoms with van der Waals surface area (Å²) in [7, 11) is 0. The number of piperidine rings is 1. The standard InChI is InChI=1S/C15H23NO/c1-2-17-12-9-13-3-5-14(6-4-13)15-7-10-16-11-8-15/h3-6,15-16H,2,7-12H2,1H3. The second kappa shape index (κ2) is 6.77. The minimum Gasteiger partial charge on any atom is -0.381 e. The van der Waals surface area contributed by atoms with E-state index in [1.165, 1.54) is 24.0 Å². The molecule has 94 valence electrons. The van der Waals surface area contributed by atoms with Gasteiger partial charge in [-0.2, -0.15) is 0 Å². The summed E-state index contributed by atoms with van der Waals surface area (Å²) in [6.07, 6.45) is 3.58. The first-order valence-corrected chi connectivity index (χ1v) is 6.77. The topological polar surface area (TPSA) is 21.3 Å². The van der Waals surface area contributed by atoms with Gasteiger partial charge in [-0.25, -0.2) is 0 Å². The van der Waals surface area contributed by atoms with Crippen LogP contribution in [-0.2, 0) is 11.2 Å². The van der Waals surface area contributed by atoms with E-state index in [4.69, 9.17) is 4.74 Å². The van der Waals surface area contributed by atoms with Gasteiger partial charge in [0.2, 0.25) is 0 Å². The maximum Gasteiger partial charge on any atom is 0.0506 e. The molecule has 0 spiro atoms. The Morgan fingerprint density at radius 3 is 2.53 bits per heavy atom. The second-order valence-corrected chi connectivity index (χ2v) is 4.71. The van der Waals surface area contributed by atoms with E-state index in [1.54, 1.807) is 0 Å². The summed E-state index contributed by atoms with van der Waals surface area (Å²) in [4.78, 5) is 0. The van der Waals surface area contributed by atoms with Gasteiger partial charge in [0, 0.05) is 6.61 Å². The fraction of sp³-hybridized carbons (Fsp3) is 0.600. The molecule has 1 heterocycles. The van der Waals surface area contributed by atoms with Gasteiger partial charge in [-0.05, 0) is 56.3 Å². The van der Waals surface area contributed by atoms with Gasteiger partial charge >= 0.3 is 0 Å². The monoisotopic (exact) mass is 233 g/mol. The van der Waals surface area contributed by atoms with Crippen molar-refractivity contribution in [2.75, 3.05) is 26.3 Å². The maximum absolute atomic E-state index is 5.38. The van der Waals surface area contributed by atoms with E-state index in [-0.39, 0.29) is 0 Å². The van der Waals surface area contributed by atoms with Gasteiger partial charge in [0.1, 0.15) is 0 Å². The van der Waals surface area contributed by atoms with E-state index >= 15 is 0 Å². The van der Waals surface area contributed by atoms with Gasteiger partial charge in [-0.3, -0.25) is 0 Å². The Balaban J connectivity index is 1.88. The zero-order valence-corrected chi connectivity index (χ0v) is 10.7. The molecule has 0 amide bonds. The van der Waals surface area contributed by atoms with E-state index < -0.39 is 0 Å². The van der Waals surface area contributed by atoms with Crippen LogP contribution in [-0.4, -0.2) is 26.3 Å². The Labute approximate surface area is 104 Å². The molecule has 2 rings (SSSR count). The largest absolute Gasteiger partial charge is 0.381 e. The number of benzene rings is 1. The van der Waals surface area contributed by atoms with Gasteiger partial charge in [0.25, 0.3) is 0 Å². The predicted molar refractivity (Wildman–Crippen MR) is 71.5 cm³/mol. The van der Waals surface area contributed by atoms with E-state index in [9.17, 15) is 0 Å². The quantitative estimate of drug-likeness (QED) is 0.790. The second-order valence-electron chi connectivity index (χ2n) is 4.71. The summed E-state index contributed by atoms with van der Waals surface area (Å²) < 4.78 is 5.38. The van der Waals surface area contributed by atoms with E-state index in [2.05, 4.69) is 29.6 Å². The average molecular weight is 233 g/mol. The molecule has 0 saturated carbocycles. The summed E-state index contributed by atoms with van der Waals surface area (Å²) in [6, 6.07) is 9.13. The molecule has 0 atom stereocenters. The zero-order chi connectivity index (χ0) is 11.9.